The summed E-state index contributed by atoms with van der Waals surface area (Å²) in [5.41, 5.74) is 6.90. The van der Waals surface area contributed by atoms with E-state index in [1.54, 1.807) is 17.8 Å². The highest BCUT2D eigenvalue weighted by Crippen LogP contribution is 2.29. The van der Waals surface area contributed by atoms with Crippen LogP contribution in [0.3, 0.4) is 0 Å². The molecule has 0 aliphatic carbocycles. The van der Waals surface area contributed by atoms with E-state index >= 15 is 0 Å². The minimum Gasteiger partial charge on any atom is -0.488 e. The van der Waals surface area contributed by atoms with E-state index < -0.39 is 5.82 Å². The Morgan fingerprint density at radius 3 is 2.61 bits per heavy atom. The number of hydrogen-bond donors (Lipinski definition) is 2. The second-order valence-electron chi connectivity index (χ2n) is 4.46. The number of halogens is 1. The molecule has 1 aromatic rings. The van der Waals surface area contributed by atoms with E-state index in [2.05, 4.69) is 12.2 Å². The Morgan fingerprint density at radius 1 is 1.39 bits per heavy atom. The van der Waals surface area contributed by atoms with Crippen LogP contribution in [-0.2, 0) is 0 Å². The molecule has 0 radical (unpaired) electrons. The van der Waals surface area contributed by atoms with Crippen molar-refractivity contribution in [1.29, 1.82) is 0 Å². The summed E-state index contributed by atoms with van der Waals surface area (Å²) in [6.45, 7) is 6.61. The Kier molecular flexibility index (Phi) is 5.59. The maximum Gasteiger partial charge on any atom is 0.167 e. The lowest BCUT2D eigenvalue weighted by Crippen LogP contribution is -2.14. The fourth-order valence-electron chi connectivity index (χ4n) is 1.40. The zero-order valence-corrected chi connectivity index (χ0v) is 12.1. The fraction of sp³-hybridized carbons (Fsp3) is 0.538. The maximum atomic E-state index is 13.6. The molecule has 0 saturated carbocycles. The van der Waals surface area contributed by atoms with Gasteiger partial charge in [0.1, 0.15) is 0 Å². The van der Waals surface area contributed by atoms with Crippen LogP contribution in [0.4, 0.5) is 15.8 Å². The Hall–Kier alpha value is -1.10. The standard InChI is InChI=1S/C13H21FN2OS/c1-8(2)17-13-6-12(11(15)5-10(13)14)16-7-9(3)18-4/h5-6,8-9,16H,7,15H2,1-4H3. The van der Waals surface area contributed by atoms with Gasteiger partial charge in [0.05, 0.1) is 17.5 Å². The van der Waals surface area contributed by atoms with Crippen LogP contribution in [0.1, 0.15) is 20.8 Å². The lowest BCUT2D eigenvalue weighted by Gasteiger charge is -2.16. The summed E-state index contributed by atoms with van der Waals surface area (Å²) < 4.78 is 19.0. The molecule has 1 unspecified atom stereocenters. The van der Waals surface area contributed by atoms with Crippen molar-refractivity contribution in [3.63, 3.8) is 0 Å². The number of anilines is 2. The minimum absolute atomic E-state index is 0.0684. The number of ether oxygens (including phenoxy) is 1. The molecule has 0 aliphatic rings. The highest BCUT2D eigenvalue weighted by atomic mass is 32.2. The fourth-order valence-corrected chi connectivity index (χ4v) is 1.65. The third-order valence-corrected chi connectivity index (χ3v) is 3.42. The van der Waals surface area contributed by atoms with Gasteiger partial charge in [0, 0.05) is 23.9 Å². The van der Waals surface area contributed by atoms with Gasteiger partial charge in [-0.05, 0) is 20.1 Å². The smallest absolute Gasteiger partial charge is 0.167 e. The normalized spacial score (nSPS) is 12.6. The first-order valence-electron chi connectivity index (χ1n) is 5.96. The van der Waals surface area contributed by atoms with Gasteiger partial charge in [-0.25, -0.2) is 4.39 Å². The molecule has 0 aromatic heterocycles. The zero-order valence-electron chi connectivity index (χ0n) is 11.3. The molecule has 0 bridgehead atoms. The van der Waals surface area contributed by atoms with Gasteiger partial charge < -0.3 is 15.8 Å². The lowest BCUT2D eigenvalue weighted by molar-refractivity contribution is 0.231. The molecular formula is C13H21FN2OS. The molecular weight excluding hydrogens is 251 g/mol. The first-order chi connectivity index (χ1) is 8.43. The largest absolute Gasteiger partial charge is 0.488 e. The SMILES string of the molecule is CSC(C)CNc1cc(OC(C)C)c(F)cc1N. The van der Waals surface area contributed by atoms with Crippen LogP contribution in [0, 0.1) is 5.82 Å². The molecule has 1 aromatic carbocycles. The highest BCUT2D eigenvalue weighted by molar-refractivity contribution is 7.99. The van der Waals surface area contributed by atoms with Crippen molar-refractivity contribution < 1.29 is 9.13 Å². The minimum atomic E-state index is -0.426. The van der Waals surface area contributed by atoms with Crippen LogP contribution in [0.2, 0.25) is 0 Å². The van der Waals surface area contributed by atoms with E-state index in [0.29, 0.717) is 16.6 Å². The lowest BCUT2D eigenvalue weighted by atomic mass is 10.2. The Morgan fingerprint density at radius 2 is 2.06 bits per heavy atom. The summed E-state index contributed by atoms with van der Waals surface area (Å²) >= 11 is 1.76. The molecule has 0 fully saturated rings. The van der Waals surface area contributed by atoms with Gasteiger partial charge >= 0.3 is 0 Å². The van der Waals surface area contributed by atoms with Crippen LogP contribution in [-0.4, -0.2) is 24.2 Å². The summed E-state index contributed by atoms with van der Waals surface area (Å²) in [5, 5.41) is 3.67. The van der Waals surface area contributed by atoms with E-state index in [4.69, 9.17) is 10.5 Å². The Bertz CT molecular complexity index is 399. The number of rotatable bonds is 6. The number of hydrogen-bond acceptors (Lipinski definition) is 4. The van der Waals surface area contributed by atoms with Crippen LogP contribution in [0.5, 0.6) is 5.75 Å². The molecule has 1 atom stereocenters. The molecule has 0 heterocycles. The molecule has 3 nitrogen and oxygen atoms in total. The van der Waals surface area contributed by atoms with Gasteiger partial charge in [0.25, 0.3) is 0 Å². The van der Waals surface area contributed by atoms with Crippen molar-refractivity contribution >= 4 is 23.1 Å². The topological polar surface area (TPSA) is 47.3 Å². The van der Waals surface area contributed by atoms with Crippen LogP contribution < -0.4 is 15.8 Å². The van der Waals surface area contributed by atoms with Crippen LogP contribution in [0.15, 0.2) is 12.1 Å². The van der Waals surface area contributed by atoms with Crippen molar-refractivity contribution in [3.05, 3.63) is 17.9 Å². The van der Waals surface area contributed by atoms with E-state index in [1.807, 2.05) is 20.1 Å². The van der Waals surface area contributed by atoms with Crippen molar-refractivity contribution in [2.75, 3.05) is 23.9 Å². The maximum absolute atomic E-state index is 13.6. The van der Waals surface area contributed by atoms with Crippen LogP contribution in [0.25, 0.3) is 0 Å². The zero-order chi connectivity index (χ0) is 13.7. The van der Waals surface area contributed by atoms with E-state index in [9.17, 15) is 4.39 Å². The summed E-state index contributed by atoms with van der Waals surface area (Å²) in [4.78, 5) is 0. The predicted molar refractivity (Wildman–Crippen MR) is 78.0 cm³/mol. The molecule has 3 N–H and O–H groups in total. The van der Waals surface area contributed by atoms with Gasteiger partial charge in [0.15, 0.2) is 11.6 Å². The van der Waals surface area contributed by atoms with Crippen molar-refractivity contribution in [2.45, 2.75) is 32.1 Å². The van der Waals surface area contributed by atoms with Gasteiger partial charge in [-0.1, -0.05) is 6.92 Å². The summed E-state index contributed by atoms with van der Waals surface area (Å²) in [7, 11) is 0. The molecule has 0 aliphatic heterocycles. The monoisotopic (exact) mass is 272 g/mol. The molecule has 0 saturated heterocycles. The summed E-state index contributed by atoms with van der Waals surface area (Å²) in [6.07, 6.45) is 1.98. The van der Waals surface area contributed by atoms with E-state index in [0.717, 1.165) is 6.54 Å². The highest BCUT2D eigenvalue weighted by Gasteiger charge is 2.11. The predicted octanol–water partition coefficient (Wildman–Crippen LogP) is 3.36. The third-order valence-electron chi connectivity index (χ3n) is 2.45. The first kappa shape index (κ1) is 15.0. The second kappa shape index (κ2) is 6.73. The molecule has 0 spiro atoms. The van der Waals surface area contributed by atoms with E-state index in [1.165, 1.54) is 6.07 Å². The molecule has 5 heteroatoms. The number of nitrogen functional groups attached to an aromatic ring is 1. The summed E-state index contributed by atoms with van der Waals surface area (Å²) in [5.74, 6) is -0.192. The van der Waals surface area contributed by atoms with Gasteiger partial charge in [-0.15, -0.1) is 0 Å². The van der Waals surface area contributed by atoms with Crippen molar-refractivity contribution in [3.8, 4) is 5.75 Å². The third kappa shape index (κ3) is 4.29. The first-order valence-corrected chi connectivity index (χ1v) is 7.25. The van der Waals surface area contributed by atoms with Crippen molar-refractivity contribution in [2.24, 2.45) is 0 Å². The quantitative estimate of drug-likeness (QED) is 0.780. The Balaban J connectivity index is 2.84. The average Bonchev–Trinajstić information content (AvgIpc) is 2.30. The van der Waals surface area contributed by atoms with Gasteiger partial charge in [0.2, 0.25) is 0 Å². The van der Waals surface area contributed by atoms with Crippen molar-refractivity contribution in [1.82, 2.24) is 0 Å². The number of nitrogens with two attached hydrogens (primary N) is 1. The van der Waals surface area contributed by atoms with E-state index in [-0.39, 0.29) is 11.9 Å². The van der Waals surface area contributed by atoms with Crippen LogP contribution >= 0.6 is 11.8 Å². The van der Waals surface area contributed by atoms with Gasteiger partial charge in [-0.2, -0.15) is 11.8 Å². The second-order valence-corrected chi connectivity index (χ2v) is 5.74. The molecule has 0 amide bonds. The van der Waals surface area contributed by atoms with Gasteiger partial charge in [-0.3, -0.25) is 0 Å². The average molecular weight is 272 g/mol. The number of nitrogens with one attached hydrogen (secondary N) is 1. The molecule has 18 heavy (non-hydrogen) atoms. The summed E-state index contributed by atoms with van der Waals surface area (Å²) in [6, 6.07) is 2.92. The molecule has 102 valence electrons. The molecule has 1 rings (SSSR count). The number of benzene rings is 1. The Labute approximate surface area is 112 Å². The number of thioether (sulfide) groups is 1.